The van der Waals surface area contributed by atoms with Crippen molar-refractivity contribution in [3.8, 4) is 11.4 Å². The highest BCUT2D eigenvalue weighted by Gasteiger charge is 2.26. The molecule has 6 nitrogen and oxygen atoms in total. The molecule has 0 spiro atoms. The standard InChI is InChI=1S/C16H18ClN3O3/c1-10-8-20(9-11(2)22-10)16(21)13-5-3-12(4-6-13)15-18-14(7-17)23-19-15/h3-6,10-11H,7-9H2,1-2H3/t10-,11+. The molecule has 0 saturated carbocycles. The van der Waals surface area contributed by atoms with Crippen LogP contribution in [-0.2, 0) is 10.6 Å². The zero-order valence-electron chi connectivity index (χ0n) is 13.0. The highest BCUT2D eigenvalue weighted by atomic mass is 35.5. The molecule has 122 valence electrons. The van der Waals surface area contributed by atoms with E-state index in [2.05, 4.69) is 10.1 Å². The third-order valence-electron chi connectivity index (χ3n) is 3.68. The maximum Gasteiger partial charge on any atom is 0.254 e. The number of carbonyl (C=O) groups excluding carboxylic acids is 1. The van der Waals surface area contributed by atoms with Crippen LogP contribution < -0.4 is 0 Å². The maximum absolute atomic E-state index is 12.6. The van der Waals surface area contributed by atoms with Crippen LogP contribution in [0.4, 0.5) is 0 Å². The van der Waals surface area contributed by atoms with Gasteiger partial charge in [-0.25, -0.2) is 0 Å². The second-order valence-electron chi connectivity index (χ2n) is 5.69. The summed E-state index contributed by atoms with van der Waals surface area (Å²) in [5, 5.41) is 3.86. The Morgan fingerprint density at radius 3 is 2.48 bits per heavy atom. The van der Waals surface area contributed by atoms with E-state index in [1.807, 2.05) is 30.9 Å². The number of nitrogens with zero attached hydrogens (tertiary/aromatic N) is 3. The van der Waals surface area contributed by atoms with Gasteiger partial charge >= 0.3 is 0 Å². The Balaban J connectivity index is 1.75. The van der Waals surface area contributed by atoms with Crippen LogP contribution in [0.5, 0.6) is 0 Å². The molecule has 1 saturated heterocycles. The van der Waals surface area contributed by atoms with Gasteiger partial charge in [-0.2, -0.15) is 4.98 Å². The third-order valence-corrected chi connectivity index (χ3v) is 3.91. The molecule has 2 heterocycles. The maximum atomic E-state index is 12.6. The first-order valence-corrected chi connectivity index (χ1v) is 8.04. The Labute approximate surface area is 139 Å². The lowest BCUT2D eigenvalue weighted by molar-refractivity contribution is -0.0586. The molecule has 0 bridgehead atoms. The number of amides is 1. The van der Waals surface area contributed by atoms with Crippen LogP contribution in [0.25, 0.3) is 11.4 Å². The number of aromatic nitrogens is 2. The molecule has 0 aliphatic carbocycles. The van der Waals surface area contributed by atoms with Crippen molar-refractivity contribution in [1.29, 1.82) is 0 Å². The minimum Gasteiger partial charge on any atom is -0.372 e. The number of benzene rings is 1. The van der Waals surface area contributed by atoms with Gasteiger partial charge in [0.1, 0.15) is 5.88 Å². The van der Waals surface area contributed by atoms with Crippen molar-refractivity contribution in [3.05, 3.63) is 35.7 Å². The summed E-state index contributed by atoms with van der Waals surface area (Å²) >= 11 is 5.65. The Morgan fingerprint density at radius 2 is 1.91 bits per heavy atom. The summed E-state index contributed by atoms with van der Waals surface area (Å²) in [4.78, 5) is 18.6. The molecule has 0 N–H and O–H groups in total. The summed E-state index contributed by atoms with van der Waals surface area (Å²) in [7, 11) is 0. The van der Waals surface area contributed by atoms with E-state index >= 15 is 0 Å². The van der Waals surface area contributed by atoms with E-state index in [0.717, 1.165) is 5.56 Å². The van der Waals surface area contributed by atoms with Crippen LogP contribution in [0.15, 0.2) is 28.8 Å². The molecule has 2 atom stereocenters. The number of morpholine rings is 1. The summed E-state index contributed by atoms with van der Waals surface area (Å²) in [6.45, 7) is 5.16. The van der Waals surface area contributed by atoms with Crippen molar-refractivity contribution in [2.75, 3.05) is 13.1 Å². The van der Waals surface area contributed by atoms with E-state index in [1.165, 1.54) is 0 Å². The van der Waals surface area contributed by atoms with Gasteiger partial charge in [-0.05, 0) is 26.0 Å². The fraction of sp³-hybridized carbons (Fsp3) is 0.438. The number of hydrogen-bond donors (Lipinski definition) is 0. The second-order valence-corrected chi connectivity index (χ2v) is 5.96. The van der Waals surface area contributed by atoms with Crippen molar-refractivity contribution in [2.45, 2.75) is 31.9 Å². The van der Waals surface area contributed by atoms with Crippen molar-refractivity contribution in [3.63, 3.8) is 0 Å². The van der Waals surface area contributed by atoms with Crippen LogP contribution in [0.1, 0.15) is 30.1 Å². The Kier molecular flexibility index (Phi) is 4.63. The summed E-state index contributed by atoms with van der Waals surface area (Å²) in [6.07, 6.45) is 0.102. The van der Waals surface area contributed by atoms with Crippen molar-refractivity contribution < 1.29 is 14.1 Å². The summed E-state index contributed by atoms with van der Waals surface area (Å²) in [5.74, 6) is 1.02. The predicted molar refractivity (Wildman–Crippen MR) is 85.2 cm³/mol. The summed E-state index contributed by atoms with van der Waals surface area (Å²) < 4.78 is 10.6. The molecule has 1 fully saturated rings. The molecule has 7 heteroatoms. The molecule has 1 aliphatic heterocycles. The topological polar surface area (TPSA) is 68.5 Å². The van der Waals surface area contributed by atoms with Crippen LogP contribution >= 0.6 is 11.6 Å². The largest absolute Gasteiger partial charge is 0.372 e. The van der Waals surface area contributed by atoms with E-state index in [9.17, 15) is 4.79 Å². The molecule has 1 amide bonds. The Bertz CT molecular complexity index is 676. The molecule has 1 aromatic heterocycles. The molecule has 1 aromatic carbocycles. The molecule has 2 aromatic rings. The van der Waals surface area contributed by atoms with Gasteiger partial charge < -0.3 is 14.2 Å². The quantitative estimate of drug-likeness (QED) is 0.807. The minimum absolute atomic E-state index is 0.00751. The lowest BCUT2D eigenvalue weighted by atomic mass is 10.1. The Hall–Kier alpha value is -1.92. The number of carbonyl (C=O) groups is 1. The van der Waals surface area contributed by atoms with Crippen molar-refractivity contribution in [2.24, 2.45) is 0 Å². The number of alkyl halides is 1. The number of hydrogen-bond acceptors (Lipinski definition) is 5. The first kappa shape index (κ1) is 16.0. The van der Waals surface area contributed by atoms with Crippen LogP contribution in [0.2, 0.25) is 0 Å². The van der Waals surface area contributed by atoms with E-state index in [-0.39, 0.29) is 24.0 Å². The molecule has 1 aliphatic rings. The van der Waals surface area contributed by atoms with Gasteiger partial charge in [0.2, 0.25) is 11.7 Å². The van der Waals surface area contributed by atoms with Gasteiger partial charge in [-0.3, -0.25) is 4.79 Å². The monoisotopic (exact) mass is 335 g/mol. The van der Waals surface area contributed by atoms with Gasteiger partial charge in [0.25, 0.3) is 5.91 Å². The molecule has 0 radical (unpaired) electrons. The van der Waals surface area contributed by atoms with Crippen LogP contribution in [0, 0.1) is 0 Å². The highest BCUT2D eigenvalue weighted by molar-refractivity contribution is 6.16. The van der Waals surface area contributed by atoms with Crippen LogP contribution in [-0.4, -0.2) is 46.2 Å². The first-order valence-electron chi connectivity index (χ1n) is 7.50. The normalized spacial score (nSPS) is 21.4. The fourth-order valence-corrected chi connectivity index (χ4v) is 2.82. The Morgan fingerprint density at radius 1 is 1.26 bits per heavy atom. The minimum atomic E-state index is 0.00751. The van der Waals surface area contributed by atoms with E-state index in [0.29, 0.717) is 30.4 Å². The predicted octanol–water partition coefficient (Wildman–Crippen LogP) is 2.72. The number of rotatable bonds is 3. The van der Waals surface area contributed by atoms with Gasteiger partial charge in [-0.15, -0.1) is 11.6 Å². The smallest absolute Gasteiger partial charge is 0.254 e. The molecular weight excluding hydrogens is 318 g/mol. The molecule has 23 heavy (non-hydrogen) atoms. The molecule has 0 unspecified atom stereocenters. The number of ether oxygens (including phenoxy) is 1. The van der Waals surface area contributed by atoms with Gasteiger partial charge in [-0.1, -0.05) is 17.3 Å². The molecule has 3 rings (SSSR count). The van der Waals surface area contributed by atoms with Gasteiger partial charge in [0.05, 0.1) is 12.2 Å². The van der Waals surface area contributed by atoms with E-state index < -0.39 is 0 Å². The summed E-state index contributed by atoms with van der Waals surface area (Å²) in [5.41, 5.74) is 1.42. The van der Waals surface area contributed by atoms with E-state index in [1.54, 1.807) is 12.1 Å². The van der Waals surface area contributed by atoms with E-state index in [4.69, 9.17) is 20.9 Å². The van der Waals surface area contributed by atoms with Crippen LogP contribution in [0.3, 0.4) is 0 Å². The third kappa shape index (κ3) is 3.54. The fourth-order valence-electron chi connectivity index (χ4n) is 2.71. The van der Waals surface area contributed by atoms with Crippen molar-refractivity contribution in [1.82, 2.24) is 15.0 Å². The zero-order chi connectivity index (χ0) is 16.4. The lowest BCUT2D eigenvalue weighted by Crippen LogP contribution is -2.48. The average molecular weight is 336 g/mol. The SMILES string of the molecule is C[C@@H]1CN(C(=O)c2ccc(-c3noc(CCl)n3)cc2)C[C@H](C)O1. The van der Waals surface area contributed by atoms with Crippen molar-refractivity contribution >= 4 is 17.5 Å². The lowest BCUT2D eigenvalue weighted by Gasteiger charge is -2.35. The highest BCUT2D eigenvalue weighted by Crippen LogP contribution is 2.19. The molecular formula is C16H18ClN3O3. The summed E-state index contributed by atoms with van der Waals surface area (Å²) in [6, 6.07) is 7.17. The van der Waals surface area contributed by atoms with Gasteiger partial charge in [0, 0.05) is 24.2 Å². The zero-order valence-corrected chi connectivity index (χ0v) is 13.8. The second kappa shape index (κ2) is 6.68. The number of halogens is 1. The van der Waals surface area contributed by atoms with Gasteiger partial charge in [0.15, 0.2) is 0 Å². The average Bonchev–Trinajstić information content (AvgIpc) is 3.02. The first-order chi connectivity index (χ1) is 11.1.